The lowest BCUT2D eigenvalue weighted by atomic mass is 10.0. The van der Waals surface area contributed by atoms with Crippen molar-refractivity contribution in [3.63, 3.8) is 0 Å². The number of carbonyl (C=O) groups excluding carboxylic acids is 3. The van der Waals surface area contributed by atoms with E-state index in [1.807, 2.05) is 0 Å². The van der Waals surface area contributed by atoms with Crippen molar-refractivity contribution >= 4 is 17.9 Å². The Hall–Kier alpha value is -4.45. The Morgan fingerprint density at radius 1 is 0.253 bits per heavy atom. The summed E-state index contributed by atoms with van der Waals surface area (Å²) in [6, 6.07) is 0. The molecule has 0 spiro atoms. The molecule has 6 heteroatoms. The molecule has 83 heavy (non-hydrogen) atoms. The quantitative estimate of drug-likeness (QED) is 0.0261. The van der Waals surface area contributed by atoms with Gasteiger partial charge in [0.1, 0.15) is 13.2 Å². The number of allylic oxidation sites excluding steroid dienone is 22. The van der Waals surface area contributed by atoms with E-state index in [-0.39, 0.29) is 31.1 Å². The molecular formula is C77H128O6. The first-order valence-corrected chi connectivity index (χ1v) is 34.7. The van der Waals surface area contributed by atoms with Crippen molar-refractivity contribution in [1.82, 2.24) is 0 Å². The number of rotatable bonds is 62. The highest BCUT2D eigenvalue weighted by Gasteiger charge is 2.19. The highest BCUT2D eigenvalue weighted by atomic mass is 16.6. The van der Waals surface area contributed by atoms with E-state index in [4.69, 9.17) is 14.2 Å². The van der Waals surface area contributed by atoms with Gasteiger partial charge in [-0.2, -0.15) is 0 Å². The van der Waals surface area contributed by atoms with Crippen molar-refractivity contribution in [3.05, 3.63) is 134 Å². The van der Waals surface area contributed by atoms with Crippen LogP contribution < -0.4 is 0 Å². The minimum atomic E-state index is -0.790. The summed E-state index contributed by atoms with van der Waals surface area (Å²) in [5.41, 5.74) is 0. The Bertz CT molecular complexity index is 1750. The number of carbonyl (C=O) groups is 3. The van der Waals surface area contributed by atoms with Crippen LogP contribution in [0.1, 0.15) is 316 Å². The molecule has 0 aromatic carbocycles. The molecular weight excluding hydrogens is 1020 g/mol. The first-order chi connectivity index (χ1) is 41.0. The van der Waals surface area contributed by atoms with Gasteiger partial charge >= 0.3 is 17.9 Å². The fraction of sp³-hybridized carbons (Fsp3) is 0.675. The summed E-state index contributed by atoms with van der Waals surface area (Å²) in [7, 11) is 0. The SMILES string of the molecule is CC/C=C\C/C=C\C/C=C\C/C=C\C/C=C\C/C=C\C/C=C\C/C=C\C/C=C\C/C=C\CCCCCCC(=O)OCC(COC(=O)CCCCCCCCC)OC(=O)CCCCCCCCCCCCC/C=C\CCCCCCCCCC. The van der Waals surface area contributed by atoms with Gasteiger partial charge in [0, 0.05) is 19.3 Å². The standard InChI is InChI=1S/C77H128O6/c1-4-7-10-13-16-18-20-22-24-26-28-30-32-33-34-35-36-37-38-39-40-41-42-43-45-46-48-50-52-54-56-58-61-64-67-70-76(79)82-73-74(72-81-75(78)69-66-63-60-15-12-9-6-3)83-77(80)71-68-65-62-59-57-55-53-51-49-47-44-31-29-27-25-23-21-19-17-14-11-8-5-2/h7,10,16,18,22,24,27-30,33-34,36-37,39-40,42-43,46,48,52,54,74H,4-6,8-9,11-15,17,19-21,23,25-26,31-32,35,38,41,44-45,47,49-51,53,55-73H2,1-3H3/b10-7-,18-16-,24-22-,29-27-,30-28-,34-33-,37-36-,40-39-,43-42-,48-46-,54-52-. The molecule has 0 N–H and O–H groups in total. The van der Waals surface area contributed by atoms with Crippen molar-refractivity contribution < 1.29 is 28.6 Å². The minimum Gasteiger partial charge on any atom is -0.462 e. The van der Waals surface area contributed by atoms with Gasteiger partial charge in [-0.15, -0.1) is 0 Å². The van der Waals surface area contributed by atoms with Crippen LogP contribution in [0.25, 0.3) is 0 Å². The van der Waals surface area contributed by atoms with Crippen LogP contribution in [0, 0.1) is 0 Å². The van der Waals surface area contributed by atoms with E-state index >= 15 is 0 Å². The highest BCUT2D eigenvalue weighted by molar-refractivity contribution is 5.71. The Labute approximate surface area is 513 Å². The molecule has 0 heterocycles. The molecule has 0 fully saturated rings. The summed E-state index contributed by atoms with van der Waals surface area (Å²) < 4.78 is 16.8. The number of ether oxygens (including phenoxy) is 3. The molecule has 0 aromatic heterocycles. The molecule has 0 aromatic rings. The molecule has 0 radical (unpaired) electrons. The van der Waals surface area contributed by atoms with Crippen LogP contribution >= 0.6 is 0 Å². The third-order valence-corrected chi connectivity index (χ3v) is 14.6. The van der Waals surface area contributed by atoms with Crippen molar-refractivity contribution in [2.24, 2.45) is 0 Å². The smallest absolute Gasteiger partial charge is 0.306 e. The molecule has 1 unspecified atom stereocenters. The maximum atomic E-state index is 12.9. The second-order valence-electron chi connectivity index (χ2n) is 22.7. The van der Waals surface area contributed by atoms with E-state index in [0.29, 0.717) is 19.3 Å². The summed E-state index contributed by atoms with van der Waals surface area (Å²) in [6.07, 6.45) is 99.3. The zero-order valence-electron chi connectivity index (χ0n) is 54.2. The summed E-state index contributed by atoms with van der Waals surface area (Å²) in [4.78, 5) is 38.1. The Balaban J connectivity index is 4.18. The van der Waals surface area contributed by atoms with E-state index in [0.717, 1.165) is 135 Å². The maximum Gasteiger partial charge on any atom is 0.306 e. The molecule has 0 amide bonds. The highest BCUT2D eigenvalue weighted by Crippen LogP contribution is 2.16. The van der Waals surface area contributed by atoms with Crippen LogP contribution in [-0.4, -0.2) is 37.2 Å². The van der Waals surface area contributed by atoms with Crippen molar-refractivity contribution in [2.45, 2.75) is 322 Å². The van der Waals surface area contributed by atoms with Crippen LogP contribution in [0.3, 0.4) is 0 Å². The van der Waals surface area contributed by atoms with Crippen LogP contribution in [0.4, 0.5) is 0 Å². The van der Waals surface area contributed by atoms with Crippen LogP contribution in [0.2, 0.25) is 0 Å². The molecule has 0 aliphatic rings. The Morgan fingerprint density at radius 2 is 0.470 bits per heavy atom. The lowest BCUT2D eigenvalue weighted by Gasteiger charge is -2.18. The van der Waals surface area contributed by atoms with Gasteiger partial charge in [-0.05, 0) is 122 Å². The summed E-state index contributed by atoms with van der Waals surface area (Å²) >= 11 is 0. The average molecular weight is 1150 g/mol. The van der Waals surface area contributed by atoms with Crippen LogP contribution in [0.5, 0.6) is 0 Å². The third kappa shape index (κ3) is 68.2. The van der Waals surface area contributed by atoms with Crippen molar-refractivity contribution in [1.29, 1.82) is 0 Å². The molecule has 0 rings (SSSR count). The first kappa shape index (κ1) is 78.5. The predicted octanol–water partition coefficient (Wildman–Crippen LogP) is 24.1. The van der Waals surface area contributed by atoms with E-state index in [2.05, 4.69) is 154 Å². The van der Waals surface area contributed by atoms with Crippen molar-refractivity contribution in [3.8, 4) is 0 Å². The average Bonchev–Trinajstić information content (AvgIpc) is 3.49. The van der Waals surface area contributed by atoms with E-state index in [9.17, 15) is 14.4 Å². The molecule has 0 saturated carbocycles. The lowest BCUT2D eigenvalue weighted by molar-refractivity contribution is -0.167. The fourth-order valence-electron chi connectivity index (χ4n) is 9.47. The molecule has 0 aliphatic heterocycles. The molecule has 0 aliphatic carbocycles. The van der Waals surface area contributed by atoms with Gasteiger partial charge in [-0.1, -0.05) is 309 Å². The molecule has 472 valence electrons. The molecule has 0 bridgehead atoms. The Morgan fingerprint density at radius 3 is 0.747 bits per heavy atom. The summed E-state index contributed by atoms with van der Waals surface area (Å²) in [5, 5.41) is 0. The van der Waals surface area contributed by atoms with Gasteiger partial charge in [0.2, 0.25) is 0 Å². The van der Waals surface area contributed by atoms with E-state index in [1.54, 1.807) is 0 Å². The zero-order valence-corrected chi connectivity index (χ0v) is 54.2. The first-order valence-electron chi connectivity index (χ1n) is 34.7. The fourth-order valence-corrected chi connectivity index (χ4v) is 9.47. The number of esters is 3. The summed E-state index contributed by atoms with van der Waals surface area (Å²) in [5.74, 6) is -0.915. The Kier molecular flexibility index (Phi) is 66.3. The monoisotopic (exact) mass is 1150 g/mol. The van der Waals surface area contributed by atoms with Gasteiger partial charge in [0.25, 0.3) is 0 Å². The number of unbranched alkanes of at least 4 members (excludes halogenated alkanes) is 29. The van der Waals surface area contributed by atoms with Gasteiger partial charge in [0.15, 0.2) is 6.10 Å². The van der Waals surface area contributed by atoms with Gasteiger partial charge in [0.05, 0.1) is 0 Å². The third-order valence-electron chi connectivity index (χ3n) is 14.6. The largest absolute Gasteiger partial charge is 0.462 e. The normalized spacial score (nSPS) is 13.0. The zero-order chi connectivity index (χ0) is 59.9. The molecule has 6 nitrogen and oxygen atoms in total. The van der Waals surface area contributed by atoms with Crippen molar-refractivity contribution in [2.75, 3.05) is 13.2 Å². The van der Waals surface area contributed by atoms with Crippen LogP contribution in [0.15, 0.2) is 134 Å². The second kappa shape index (κ2) is 70.0. The maximum absolute atomic E-state index is 12.9. The van der Waals surface area contributed by atoms with Gasteiger partial charge < -0.3 is 14.2 Å². The van der Waals surface area contributed by atoms with Crippen LogP contribution in [-0.2, 0) is 28.6 Å². The molecule has 0 saturated heterocycles. The van der Waals surface area contributed by atoms with E-state index < -0.39 is 6.10 Å². The second-order valence-corrected chi connectivity index (χ2v) is 22.7. The summed E-state index contributed by atoms with van der Waals surface area (Å²) in [6.45, 7) is 6.48. The van der Waals surface area contributed by atoms with E-state index in [1.165, 1.54) is 141 Å². The lowest BCUT2D eigenvalue weighted by Crippen LogP contribution is -2.30. The number of hydrogen-bond donors (Lipinski definition) is 0. The van der Waals surface area contributed by atoms with Gasteiger partial charge in [-0.25, -0.2) is 0 Å². The predicted molar refractivity (Wildman–Crippen MR) is 362 cm³/mol. The topological polar surface area (TPSA) is 78.9 Å². The molecule has 1 atom stereocenters. The van der Waals surface area contributed by atoms with Gasteiger partial charge in [-0.3, -0.25) is 14.4 Å². The number of hydrogen-bond acceptors (Lipinski definition) is 6. The minimum absolute atomic E-state index is 0.0870.